The van der Waals surface area contributed by atoms with Gasteiger partial charge < -0.3 is 9.84 Å². The highest BCUT2D eigenvalue weighted by Gasteiger charge is 2.20. The van der Waals surface area contributed by atoms with Gasteiger partial charge in [0.25, 0.3) is 0 Å². The molecule has 0 amide bonds. The van der Waals surface area contributed by atoms with Crippen LogP contribution in [0.5, 0.6) is 5.75 Å². The van der Waals surface area contributed by atoms with Crippen LogP contribution < -0.4 is 4.74 Å². The smallest absolute Gasteiger partial charge is 0.317 e. The monoisotopic (exact) mass is 261 g/mol. The van der Waals surface area contributed by atoms with Crippen molar-refractivity contribution in [3.05, 3.63) is 29.8 Å². The van der Waals surface area contributed by atoms with Gasteiger partial charge in [0.1, 0.15) is 5.75 Å². The van der Waals surface area contributed by atoms with Gasteiger partial charge in [0.2, 0.25) is 0 Å². The summed E-state index contributed by atoms with van der Waals surface area (Å²) in [6, 6.07) is 7.62. The van der Waals surface area contributed by atoms with E-state index < -0.39 is 5.97 Å². The van der Waals surface area contributed by atoms with Gasteiger partial charge in [0.15, 0.2) is 0 Å². The number of hydrogen-bond acceptors (Lipinski definition) is 3. The molecule has 0 saturated heterocycles. The molecule has 1 atom stereocenters. The minimum atomic E-state index is -0.873. The Balaban J connectivity index is 2.94. The highest BCUT2D eigenvalue weighted by Crippen LogP contribution is 2.25. The van der Waals surface area contributed by atoms with Crippen LogP contribution in [0.3, 0.4) is 0 Å². The molecule has 0 aliphatic carbocycles. The summed E-state index contributed by atoms with van der Waals surface area (Å²) in [7, 11) is 1.61. The highest BCUT2D eigenvalue weighted by atomic mass is 16.5. The molecule has 1 rings (SSSR count). The molecule has 0 aliphatic rings. The summed E-state index contributed by atoms with van der Waals surface area (Å²) in [5, 5.41) is 8.95. The molecule has 1 unspecified atom stereocenters. The number of nitrogens with zero attached hydrogens (tertiary/aromatic N) is 1. The van der Waals surface area contributed by atoms with E-state index in [-0.39, 0.29) is 12.6 Å². The summed E-state index contributed by atoms with van der Waals surface area (Å²) in [5.41, 5.74) is 1.04. The van der Waals surface area contributed by atoms with Crippen molar-refractivity contribution in [2.24, 2.45) is 0 Å². The molecule has 102 valence electrons. The largest absolute Gasteiger partial charge is 0.497 e. The Bertz CT molecular complexity index is 447. The number of terminal acetylenes is 1. The average molecular weight is 261 g/mol. The Morgan fingerprint density at radius 1 is 1.47 bits per heavy atom. The summed E-state index contributed by atoms with van der Waals surface area (Å²) < 4.78 is 5.12. The number of methoxy groups -OCH3 is 1. The molecule has 19 heavy (non-hydrogen) atoms. The number of aliphatic carboxylic acids is 1. The highest BCUT2D eigenvalue weighted by molar-refractivity contribution is 5.69. The van der Waals surface area contributed by atoms with Crippen LogP contribution in [-0.2, 0) is 4.79 Å². The van der Waals surface area contributed by atoms with Crippen LogP contribution in [0.15, 0.2) is 24.3 Å². The Morgan fingerprint density at radius 3 is 2.53 bits per heavy atom. The minimum absolute atomic E-state index is 0.00180. The number of hydrogen-bond donors (Lipinski definition) is 1. The topological polar surface area (TPSA) is 49.8 Å². The molecule has 0 spiro atoms. The quantitative estimate of drug-likeness (QED) is 0.764. The summed E-state index contributed by atoms with van der Waals surface area (Å²) in [4.78, 5) is 12.7. The van der Waals surface area contributed by atoms with Gasteiger partial charge in [-0.3, -0.25) is 9.69 Å². The van der Waals surface area contributed by atoms with E-state index in [1.54, 1.807) is 12.0 Å². The Hall–Kier alpha value is -1.99. The lowest BCUT2D eigenvalue weighted by molar-refractivity contribution is -0.138. The first-order valence-electron chi connectivity index (χ1n) is 6.15. The second-order valence-corrected chi connectivity index (χ2v) is 4.20. The molecular weight excluding hydrogens is 242 g/mol. The van der Waals surface area contributed by atoms with Crippen LogP contribution in [0, 0.1) is 12.3 Å². The molecule has 0 aliphatic heterocycles. The molecule has 1 aromatic rings. The second kappa shape index (κ2) is 7.45. The van der Waals surface area contributed by atoms with Gasteiger partial charge in [0.05, 0.1) is 20.2 Å². The molecular formula is C15H19NO3. The van der Waals surface area contributed by atoms with Crippen LogP contribution in [0.25, 0.3) is 0 Å². The lowest BCUT2D eigenvalue weighted by Crippen LogP contribution is -2.33. The molecule has 0 bridgehead atoms. The fraction of sp³-hybridized carbons (Fsp3) is 0.400. The van der Waals surface area contributed by atoms with Crippen LogP contribution in [0.2, 0.25) is 0 Å². The minimum Gasteiger partial charge on any atom is -0.497 e. The third kappa shape index (κ3) is 4.31. The predicted molar refractivity (Wildman–Crippen MR) is 74.1 cm³/mol. The Kier molecular flexibility index (Phi) is 5.91. The fourth-order valence-electron chi connectivity index (χ4n) is 2.10. The van der Waals surface area contributed by atoms with E-state index in [9.17, 15) is 4.79 Å². The third-order valence-corrected chi connectivity index (χ3v) is 2.96. The van der Waals surface area contributed by atoms with Crippen molar-refractivity contribution < 1.29 is 14.6 Å². The third-order valence-electron chi connectivity index (χ3n) is 2.96. The van der Waals surface area contributed by atoms with Gasteiger partial charge in [-0.2, -0.15) is 0 Å². The maximum absolute atomic E-state index is 10.9. The van der Waals surface area contributed by atoms with Gasteiger partial charge in [-0.25, -0.2) is 0 Å². The Morgan fingerprint density at radius 2 is 2.11 bits per heavy atom. The zero-order chi connectivity index (χ0) is 14.3. The molecule has 4 heteroatoms. The zero-order valence-corrected chi connectivity index (χ0v) is 11.3. The van der Waals surface area contributed by atoms with Crippen molar-refractivity contribution in [2.45, 2.75) is 19.4 Å². The predicted octanol–water partition coefficient (Wildman–Crippen LogP) is 2.17. The van der Waals surface area contributed by atoms with Gasteiger partial charge in [-0.1, -0.05) is 25.0 Å². The number of ether oxygens (including phenoxy) is 1. The van der Waals surface area contributed by atoms with E-state index in [2.05, 4.69) is 5.92 Å². The molecule has 1 aromatic carbocycles. The van der Waals surface area contributed by atoms with E-state index >= 15 is 0 Å². The summed E-state index contributed by atoms with van der Waals surface area (Å²) >= 11 is 0. The van der Waals surface area contributed by atoms with Crippen molar-refractivity contribution >= 4 is 5.97 Å². The molecule has 0 aromatic heterocycles. The molecule has 0 heterocycles. The first-order chi connectivity index (χ1) is 9.12. The lowest BCUT2D eigenvalue weighted by Gasteiger charge is -2.28. The van der Waals surface area contributed by atoms with Crippen LogP contribution >= 0.6 is 0 Å². The van der Waals surface area contributed by atoms with Crippen molar-refractivity contribution in [1.29, 1.82) is 0 Å². The first kappa shape index (κ1) is 15.1. The van der Waals surface area contributed by atoms with E-state index in [1.807, 2.05) is 31.2 Å². The summed E-state index contributed by atoms with van der Waals surface area (Å²) in [6.45, 7) is 2.27. The average Bonchev–Trinajstić information content (AvgIpc) is 2.40. The number of rotatable bonds is 7. The molecule has 0 saturated carbocycles. The second-order valence-electron chi connectivity index (χ2n) is 4.20. The van der Waals surface area contributed by atoms with Crippen molar-refractivity contribution in [1.82, 2.24) is 4.90 Å². The van der Waals surface area contributed by atoms with E-state index in [1.165, 1.54) is 0 Å². The van der Waals surface area contributed by atoms with Crippen LogP contribution in [-0.4, -0.2) is 36.2 Å². The summed E-state index contributed by atoms with van der Waals surface area (Å²) in [6.07, 6.45) is 6.11. The maximum Gasteiger partial charge on any atom is 0.317 e. The van der Waals surface area contributed by atoms with Crippen molar-refractivity contribution in [2.75, 3.05) is 20.2 Å². The number of carbonyl (C=O) groups is 1. The molecule has 1 N–H and O–H groups in total. The van der Waals surface area contributed by atoms with Gasteiger partial charge in [-0.15, -0.1) is 6.42 Å². The normalized spacial score (nSPS) is 11.9. The van der Waals surface area contributed by atoms with Crippen LogP contribution in [0.1, 0.15) is 24.9 Å². The molecule has 0 radical (unpaired) electrons. The lowest BCUT2D eigenvalue weighted by atomic mass is 10.0. The number of carboxylic acids is 1. The summed E-state index contributed by atoms with van der Waals surface area (Å²) in [5.74, 6) is 2.42. The van der Waals surface area contributed by atoms with E-state index in [4.69, 9.17) is 16.3 Å². The molecule has 4 nitrogen and oxygen atoms in total. The van der Waals surface area contributed by atoms with Crippen molar-refractivity contribution in [3.8, 4) is 18.1 Å². The number of benzene rings is 1. The maximum atomic E-state index is 10.9. The van der Waals surface area contributed by atoms with Gasteiger partial charge >= 0.3 is 5.97 Å². The van der Waals surface area contributed by atoms with Gasteiger partial charge in [-0.05, 0) is 24.1 Å². The zero-order valence-electron chi connectivity index (χ0n) is 11.3. The Labute approximate surface area is 114 Å². The first-order valence-corrected chi connectivity index (χ1v) is 6.15. The van der Waals surface area contributed by atoms with Crippen LogP contribution in [0.4, 0.5) is 0 Å². The SMILES string of the molecule is C#CCN(CC(=O)O)C(CC)c1ccc(OC)cc1. The van der Waals surface area contributed by atoms with Crippen molar-refractivity contribution in [3.63, 3.8) is 0 Å². The standard InChI is InChI=1S/C15H19NO3/c1-4-10-16(11-15(17)18)14(5-2)12-6-8-13(19-3)9-7-12/h1,6-9,14H,5,10-11H2,2-3H3,(H,17,18). The molecule has 0 fully saturated rings. The fourth-order valence-corrected chi connectivity index (χ4v) is 2.10. The van der Waals surface area contributed by atoms with Gasteiger partial charge in [0, 0.05) is 6.04 Å². The van der Waals surface area contributed by atoms with E-state index in [0.29, 0.717) is 6.54 Å². The van der Waals surface area contributed by atoms with E-state index in [0.717, 1.165) is 17.7 Å². The number of carboxylic acid groups (broad SMARTS) is 1.